The lowest BCUT2D eigenvalue weighted by molar-refractivity contribution is -0.121. The first-order valence-electron chi connectivity index (χ1n) is 11.3. The maximum Gasteiger partial charge on any atom is 0.291 e. The summed E-state index contributed by atoms with van der Waals surface area (Å²) >= 11 is 0. The second-order valence-corrected chi connectivity index (χ2v) is 8.28. The summed E-state index contributed by atoms with van der Waals surface area (Å²) in [6.07, 6.45) is 3.77. The number of anilines is 1. The van der Waals surface area contributed by atoms with E-state index in [0.717, 1.165) is 22.3 Å². The van der Waals surface area contributed by atoms with Crippen LogP contribution >= 0.6 is 0 Å². The highest BCUT2D eigenvalue weighted by Gasteiger charge is 2.20. The topological polar surface area (TPSA) is 89.2 Å². The average molecular weight is 465 g/mol. The molecule has 174 valence electrons. The number of fused-ring (bicyclic) bond motifs is 1. The van der Waals surface area contributed by atoms with Crippen LogP contribution in [0.25, 0.3) is 11.0 Å². The second kappa shape index (κ2) is 9.69. The van der Waals surface area contributed by atoms with Crippen LogP contribution in [0.2, 0.25) is 0 Å². The van der Waals surface area contributed by atoms with Gasteiger partial charge in [-0.3, -0.25) is 9.59 Å². The van der Waals surface area contributed by atoms with E-state index < -0.39 is 0 Å². The Morgan fingerprint density at radius 1 is 0.971 bits per heavy atom. The number of carbonyl (C=O) groups excluding carboxylic acids is 2. The highest BCUT2D eigenvalue weighted by atomic mass is 16.3. The van der Waals surface area contributed by atoms with Gasteiger partial charge in [0.1, 0.15) is 17.4 Å². The van der Waals surface area contributed by atoms with Crippen molar-refractivity contribution in [1.82, 2.24) is 14.9 Å². The van der Waals surface area contributed by atoms with Crippen molar-refractivity contribution in [3.8, 4) is 0 Å². The third kappa shape index (κ3) is 4.99. The number of carbonyl (C=O) groups is 2. The largest absolute Gasteiger partial charge is 0.451 e. The Bertz CT molecular complexity index is 1440. The first-order valence-corrected chi connectivity index (χ1v) is 11.3. The molecule has 0 aliphatic heterocycles. The monoisotopic (exact) mass is 464 g/mol. The van der Waals surface area contributed by atoms with Crippen molar-refractivity contribution in [1.29, 1.82) is 0 Å². The smallest absolute Gasteiger partial charge is 0.291 e. The van der Waals surface area contributed by atoms with E-state index in [1.54, 1.807) is 24.4 Å². The molecule has 1 atom stereocenters. The normalized spacial score (nSPS) is 11.8. The molecule has 0 aliphatic carbocycles. The van der Waals surface area contributed by atoms with Crippen molar-refractivity contribution < 1.29 is 14.0 Å². The summed E-state index contributed by atoms with van der Waals surface area (Å²) < 4.78 is 7.52. The number of nitrogens with one attached hydrogen (secondary N) is 2. The van der Waals surface area contributed by atoms with Crippen LogP contribution in [0.4, 0.5) is 5.69 Å². The number of nitrogens with zero attached hydrogens (tertiary/aromatic N) is 2. The number of aryl methyl sites for hydroxylation is 1. The van der Waals surface area contributed by atoms with Gasteiger partial charge in [-0.15, -0.1) is 0 Å². The molecule has 2 amide bonds. The van der Waals surface area contributed by atoms with Gasteiger partial charge in [0, 0.05) is 30.5 Å². The molecule has 0 radical (unpaired) electrons. The maximum absolute atomic E-state index is 12.9. The average Bonchev–Trinajstić information content (AvgIpc) is 3.50. The molecule has 3 aromatic carbocycles. The summed E-state index contributed by atoms with van der Waals surface area (Å²) in [5, 5.41) is 6.81. The van der Waals surface area contributed by atoms with Gasteiger partial charge in [0.05, 0.1) is 6.42 Å². The van der Waals surface area contributed by atoms with E-state index in [-0.39, 0.29) is 30.0 Å². The molecule has 5 rings (SSSR count). The van der Waals surface area contributed by atoms with Crippen LogP contribution in [-0.4, -0.2) is 21.4 Å². The number of amides is 2. The van der Waals surface area contributed by atoms with Gasteiger partial charge in [-0.25, -0.2) is 4.98 Å². The first kappa shape index (κ1) is 22.2. The maximum atomic E-state index is 12.9. The van der Waals surface area contributed by atoms with E-state index >= 15 is 0 Å². The number of aromatic nitrogens is 2. The SMILES string of the molecule is Cn1ccnc1C(NC(=O)Cc1ccc(NC(=O)c2cc3ccccc3o2)cc1)c1ccccc1. The molecular weight excluding hydrogens is 440 g/mol. The van der Waals surface area contributed by atoms with Gasteiger partial charge in [0.25, 0.3) is 5.91 Å². The molecule has 0 aliphatic rings. The van der Waals surface area contributed by atoms with Crippen molar-refractivity contribution in [2.45, 2.75) is 12.5 Å². The quantitative estimate of drug-likeness (QED) is 0.360. The minimum atomic E-state index is -0.355. The molecule has 0 saturated heterocycles. The zero-order valence-electron chi connectivity index (χ0n) is 19.1. The van der Waals surface area contributed by atoms with Crippen LogP contribution in [0.15, 0.2) is 102 Å². The Morgan fingerprint density at radius 3 is 2.43 bits per heavy atom. The summed E-state index contributed by atoms with van der Waals surface area (Å²) in [5.41, 5.74) is 3.07. The van der Waals surface area contributed by atoms with Gasteiger partial charge in [0.2, 0.25) is 5.91 Å². The van der Waals surface area contributed by atoms with Gasteiger partial charge in [0.15, 0.2) is 5.76 Å². The summed E-state index contributed by atoms with van der Waals surface area (Å²) in [7, 11) is 1.91. The van der Waals surface area contributed by atoms with Gasteiger partial charge >= 0.3 is 0 Å². The lowest BCUT2D eigenvalue weighted by atomic mass is 10.1. The van der Waals surface area contributed by atoms with Gasteiger partial charge in [-0.1, -0.05) is 60.7 Å². The highest BCUT2D eigenvalue weighted by molar-refractivity contribution is 6.04. The number of hydrogen-bond donors (Lipinski definition) is 2. The lowest BCUT2D eigenvalue weighted by Gasteiger charge is -2.19. The number of imidazole rings is 1. The molecule has 7 heteroatoms. The minimum absolute atomic E-state index is 0.124. The summed E-state index contributed by atoms with van der Waals surface area (Å²) in [5.74, 6) is 0.553. The number of furan rings is 1. The minimum Gasteiger partial charge on any atom is -0.451 e. The van der Waals surface area contributed by atoms with E-state index in [4.69, 9.17) is 4.42 Å². The molecule has 0 bridgehead atoms. The third-order valence-corrected chi connectivity index (χ3v) is 5.78. The molecule has 35 heavy (non-hydrogen) atoms. The van der Waals surface area contributed by atoms with E-state index in [1.165, 1.54) is 0 Å². The van der Waals surface area contributed by atoms with E-state index in [9.17, 15) is 9.59 Å². The molecule has 5 aromatic rings. The van der Waals surface area contributed by atoms with E-state index in [1.807, 2.05) is 84.5 Å². The molecule has 2 heterocycles. The number of rotatable bonds is 7. The van der Waals surface area contributed by atoms with E-state index in [0.29, 0.717) is 11.3 Å². The summed E-state index contributed by atoms with van der Waals surface area (Å²) in [4.78, 5) is 29.9. The molecule has 1 unspecified atom stereocenters. The van der Waals surface area contributed by atoms with Crippen molar-refractivity contribution in [2.75, 3.05) is 5.32 Å². The zero-order valence-corrected chi connectivity index (χ0v) is 19.1. The van der Waals surface area contributed by atoms with E-state index in [2.05, 4.69) is 15.6 Å². The molecule has 0 spiro atoms. The standard InChI is InChI=1S/C28H24N4O3/c1-32-16-15-29-27(32)26(20-7-3-2-4-8-20)31-25(33)17-19-11-13-22(14-12-19)30-28(34)24-18-21-9-5-6-10-23(21)35-24/h2-16,18,26H,17H2,1H3,(H,30,34)(H,31,33). The van der Waals surface area contributed by atoms with Crippen molar-refractivity contribution in [2.24, 2.45) is 7.05 Å². The fraction of sp³-hybridized carbons (Fsp3) is 0.107. The second-order valence-electron chi connectivity index (χ2n) is 8.28. The predicted molar refractivity (Wildman–Crippen MR) is 134 cm³/mol. The molecule has 0 fully saturated rings. The fourth-order valence-corrected chi connectivity index (χ4v) is 3.99. The van der Waals surface area contributed by atoms with Crippen LogP contribution in [0.3, 0.4) is 0 Å². The van der Waals surface area contributed by atoms with Gasteiger partial charge in [-0.05, 0) is 35.4 Å². The molecule has 2 N–H and O–H groups in total. The van der Waals surface area contributed by atoms with Crippen LogP contribution in [0.1, 0.15) is 33.5 Å². The molecule has 0 saturated carbocycles. The summed E-state index contributed by atoms with van der Waals surface area (Å²) in [6.45, 7) is 0. The van der Waals surface area contributed by atoms with Crippen LogP contribution in [0.5, 0.6) is 0 Å². The molecular formula is C28H24N4O3. The Kier molecular flexibility index (Phi) is 6.13. The number of hydrogen-bond acceptors (Lipinski definition) is 4. The third-order valence-electron chi connectivity index (χ3n) is 5.78. The Balaban J connectivity index is 1.24. The number of benzene rings is 3. The van der Waals surface area contributed by atoms with Gasteiger partial charge < -0.3 is 19.6 Å². The molecule has 2 aromatic heterocycles. The fourth-order valence-electron chi connectivity index (χ4n) is 3.99. The lowest BCUT2D eigenvalue weighted by Crippen LogP contribution is -2.32. The van der Waals surface area contributed by atoms with Crippen molar-refractivity contribution >= 4 is 28.5 Å². The molecule has 7 nitrogen and oxygen atoms in total. The van der Waals surface area contributed by atoms with Crippen molar-refractivity contribution in [3.63, 3.8) is 0 Å². The predicted octanol–water partition coefficient (Wildman–Crippen LogP) is 4.87. The van der Waals surface area contributed by atoms with Crippen LogP contribution < -0.4 is 10.6 Å². The van der Waals surface area contributed by atoms with Crippen LogP contribution in [0, 0.1) is 0 Å². The zero-order chi connectivity index (χ0) is 24.2. The Morgan fingerprint density at radius 2 is 1.71 bits per heavy atom. The highest BCUT2D eigenvalue weighted by Crippen LogP contribution is 2.22. The van der Waals surface area contributed by atoms with Gasteiger partial charge in [-0.2, -0.15) is 0 Å². The Hall–Kier alpha value is -4.65. The summed E-state index contributed by atoms with van der Waals surface area (Å²) in [6, 6.07) is 25.8. The van der Waals surface area contributed by atoms with Crippen LogP contribution in [-0.2, 0) is 18.3 Å². The first-order chi connectivity index (χ1) is 17.1. The van der Waals surface area contributed by atoms with Crippen molar-refractivity contribution in [3.05, 3.63) is 120 Å². The number of para-hydroxylation sites is 1. The Labute approximate surface area is 202 Å².